The van der Waals surface area contributed by atoms with Gasteiger partial charge in [0.25, 0.3) is 0 Å². The van der Waals surface area contributed by atoms with Gasteiger partial charge in [-0.1, -0.05) is 12.1 Å². The molecule has 2 aliphatic carbocycles. The second kappa shape index (κ2) is 9.56. The fraction of sp³-hybridized carbons (Fsp3) is 0.125. The molecule has 0 N–H and O–H groups in total. The van der Waals surface area contributed by atoms with Gasteiger partial charge in [0.2, 0.25) is 0 Å². The van der Waals surface area contributed by atoms with E-state index in [1.54, 1.807) is 12.1 Å². The van der Waals surface area contributed by atoms with Gasteiger partial charge in [-0.3, -0.25) is 0 Å². The molecular formula is C32H10F6N8. The molecule has 2 aliphatic rings. The van der Waals surface area contributed by atoms with Gasteiger partial charge in [-0.05, 0) is 47.5 Å². The minimum atomic E-state index is -4.70. The molecule has 8 nitrogen and oxygen atoms in total. The summed E-state index contributed by atoms with van der Waals surface area (Å²) >= 11 is 0. The molecule has 0 fully saturated rings. The second-order valence-corrected chi connectivity index (χ2v) is 10.5. The average Bonchev–Trinajstić information content (AvgIpc) is 3.49. The van der Waals surface area contributed by atoms with Crippen molar-refractivity contribution in [1.29, 1.82) is 21.0 Å². The van der Waals surface area contributed by atoms with Crippen molar-refractivity contribution in [3.05, 3.63) is 87.7 Å². The van der Waals surface area contributed by atoms with Crippen LogP contribution in [0.4, 0.5) is 26.3 Å². The van der Waals surface area contributed by atoms with E-state index in [9.17, 15) is 47.4 Å². The molecule has 0 bridgehead atoms. The number of fused-ring (bicyclic) bond motifs is 8. The van der Waals surface area contributed by atoms with Crippen molar-refractivity contribution in [3.63, 3.8) is 0 Å². The average molecular weight is 620 g/mol. The van der Waals surface area contributed by atoms with Gasteiger partial charge in [0, 0.05) is 16.7 Å². The summed E-state index contributed by atoms with van der Waals surface area (Å²) in [5.41, 5.74) is -0.698. The van der Waals surface area contributed by atoms with Crippen LogP contribution in [0.25, 0.3) is 50.2 Å². The lowest BCUT2D eigenvalue weighted by Crippen LogP contribution is -2.12. The van der Waals surface area contributed by atoms with Gasteiger partial charge < -0.3 is 0 Å². The molecule has 46 heavy (non-hydrogen) atoms. The van der Waals surface area contributed by atoms with E-state index in [1.165, 1.54) is 24.3 Å². The number of alkyl halides is 6. The van der Waals surface area contributed by atoms with Crippen LogP contribution in [0, 0.1) is 51.2 Å². The SMILES string of the molecule is N#CC(C#N)=C1c2cc(C(F)(F)F)ccc2-c2nc3cc4nc5c(nc4cc3nc21)-c1ccc(C(F)(F)F)cc1C5C(C#N)C#N. The van der Waals surface area contributed by atoms with Crippen molar-refractivity contribution < 1.29 is 26.3 Å². The van der Waals surface area contributed by atoms with Crippen LogP contribution in [0.3, 0.4) is 0 Å². The third kappa shape index (κ3) is 4.05. The van der Waals surface area contributed by atoms with Crippen molar-refractivity contribution in [1.82, 2.24) is 19.9 Å². The van der Waals surface area contributed by atoms with Crippen molar-refractivity contribution in [2.24, 2.45) is 5.92 Å². The molecule has 0 saturated carbocycles. The molecule has 0 amide bonds. The molecule has 5 aromatic rings. The van der Waals surface area contributed by atoms with Crippen LogP contribution in [0.5, 0.6) is 0 Å². The third-order valence-corrected chi connectivity index (χ3v) is 7.93. The summed E-state index contributed by atoms with van der Waals surface area (Å²) in [6.07, 6.45) is -9.38. The predicted octanol–water partition coefficient (Wildman–Crippen LogP) is 7.22. The van der Waals surface area contributed by atoms with Gasteiger partial charge in [-0.2, -0.15) is 47.4 Å². The fourth-order valence-corrected chi connectivity index (χ4v) is 5.92. The first kappa shape index (κ1) is 28.4. The lowest BCUT2D eigenvalue weighted by atomic mass is 9.87. The summed E-state index contributed by atoms with van der Waals surface area (Å²) in [4.78, 5) is 18.4. The van der Waals surface area contributed by atoms with Gasteiger partial charge >= 0.3 is 12.4 Å². The number of nitrogens with zero attached hydrogens (tertiary/aromatic N) is 8. The summed E-state index contributed by atoms with van der Waals surface area (Å²) in [5, 5.41) is 38.6. The summed E-state index contributed by atoms with van der Waals surface area (Å²) in [6, 6.07) is 15.9. The van der Waals surface area contributed by atoms with Crippen LogP contribution in [0.15, 0.2) is 54.1 Å². The monoisotopic (exact) mass is 620 g/mol. The zero-order chi connectivity index (χ0) is 32.7. The number of nitriles is 4. The van der Waals surface area contributed by atoms with Gasteiger partial charge in [-0.25, -0.2) is 19.9 Å². The normalized spacial score (nSPS) is 14.6. The van der Waals surface area contributed by atoms with Gasteiger partial charge in [0.05, 0.1) is 74.0 Å². The van der Waals surface area contributed by atoms with Crippen molar-refractivity contribution in [2.45, 2.75) is 18.3 Å². The molecule has 2 heterocycles. The molecule has 220 valence electrons. The van der Waals surface area contributed by atoms with Crippen LogP contribution in [-0.4, -0.2) is 19.9 Å². The highest BCUT2D eigenvalue weighted by molar-refractivity contribution is 6.04. The number of benzene rings is 3. The summed E-state index contributed by atoms with van der Waals surface area (Å²) in [7, 11) is 0. The Balaban J connectivity index is 1.47. The van der Waals surface area contributed by atoms with Crippen molar-refractivity contribution in [3.8, 4) is 46.8 Å². The molecule has 14 heteroatoms. The van der Waals surface area contributed by atoms with E-state index in [0.29, 0.717) is 0 Å². The number of hydrogen-bond acceptors (Lipinski definition) is 8. The lowest BCUT2D eigenvalue weighted by Gasteiger charge is -2.15. The largest absolute Gasteiger partial charge is 0.416 e. The minimum absolute atomic E-state index is 0.0179. The predicted molar refractivity (Wildman–Crippen MR) is 147 cm³/mol. The van der Waals surface area contributed by atoms with Crippen LogP contribution in [-0.2, 0) is 12.4 Å². The molecule has 2 aromatic heterocycles. The van der Waals surface area contributed by atoms with E-state index in [1.807, 2.05) is 12.1 Å². The van der Waals surface area contributed by atoms with E-state index in [2.05, 4.69) is 19.9 Å². The maximum atomic E-state index is 13.6. The quantitative estimate of drug-likeness (QED) is 0.106. The Bertz CT molecular complexity index is 2390. The van der Waals surface area contributed by atoms with Crippen molar-refractivity contribution in [2.75, 3.05) is 0 Å². The van der Waals surface area contributed by atoms with E-state index >= 15 is 0 Å². The molecule has 1 atom stereocenters. The first-order valence-corrected chi connectivity index (χ1v) is 13.2. The number of hydrogen-bond donors (Lipinski definition) is 0. The Morgan fingerprint density at radius 1 is 0.609 bits per heavy atom. The van der Waals surface area contributed by atoms with E-state index in [4.69, 9.17) is 0 Å². The topological polar surface area (TPSA) is 147 Å². The zero-order valence-electron chi connectivity index (χ0n) is 22.6. The zero-order valence-corrected chi connectivity index (χ0v) is 22.6. The third-order valence-electron chi connectivity index (χ3n) is 7.93. The molecule has 7 rings (SSSR count). The molecular weight excluding hydrogens is 610 g/mol. The van der Waals surface area contributed by atoms with Gasteiger partial charge in [-0.15, -0.1) is 0 Å². The van der Waals surface area contributed by atoms with Crippen LogP contribution >= 0.6 is 0 Å². The summed E-state index contributed by atoms with van der Waals surface area (Å²) in [5.74, 6) is -2.50. The highest BCUT2D eigenvalue weighted by atomic mass is 19.4. The maximum Gasteiger partial charge on any atom is 0.416 e. The molecule has 1 unspecified atom stereocenters. The van der Waals surface area contributed by atoms with Crippen molar-refractivity contribution >= 4 is 27.6 Å². The highest BCUT2D eigenvalue weighted by Crippen LogP contribution is 2.50. The number of halogens is 6. The Labute approximate surface area is 253 Å². The number of aromatic nitrogens is 4. The standard InChI is InChI=1S/C32H10F6N8/c33-31(34,35)15-1-3-17-19(5-15)25(13(9-39)10-40)29-27(17)43-21-7-24-22(8-23(21)45-29)44-28-18-4-2-16(32(36,37)38)6-20(18)26(30(28)46-24)14(11-41)12-42/h1-8,13,25H. The Morgan fingerprint density at radius 3 is 1.70 bits per heavy atom. The smallest absolute Gasteiger partial charge is 0.248 e. The molecule has 0 aliphatic heterocycles. The van der Waals surface area contributed by atoms with Gasteiger partial charge in [0.1, 0.15) is 23.6 Å². The van der Waals surface area contributed by atoms with E-state index in [0.717, 1.165) is 24.3 Å². The number of allylic oxidation sites excluding steroid dienone is 1. The summed E-state index contributed by atoms with van der Waals surface area (Å²) in [6.45, 7) is 0. The molecule has 0 spiro atoms. The number of rotatable bonds is 1. The van der Waals surface area contributed by atoms with Gasteiger partial charge in [0.15, 0.2) is 0 Å². The van der Waals surface area contributed by atoms with Crippen LogP contribution in [0.1, 0.15) is 39.6 Å². The van der Waals surface area contributed by atoms with Crippen LogP contribution < -0.4 is 0 Å². The van der Waals surface area contributed by atoms with Crippen LogP contribution in [0.2, 0.25) is 0 Å². The maximum absolute atomic E-state index is 13.6. The highest BCUT2D eigenvalue weighted by Gasteiger charge is 2.41. The lowest BCUT2D eigenvalue weighted by molar-refractivity contribution is -0.138. The molecule has 3 aromatic carbocycles. The summed E-state index contributed by atoms with van der Waals surface area (Å²) < 4.78 is 81.5. The minimum Gasteiger partial charge on any atom is -0.248 e. The van der Waals surface area contributed by atoms with E-state index < -0.39 is 40.9 Å². The first-order valence-electron chi connectivity index (χ1n) is 13.2. The molecule has 0 radical (unpaired) electrons. The fourth-order valence-electron chi connectivity index (χ4n) is 5.92. The Hall–Kier alpha value is -6.38. The molecule has 0 saturated heterocycles. The van der Waals surface area contributed by atoms with E-state index in [-0.39, 0.29) is 72.7 Å². The second-order valence-electron chi connectivity index (χ2n) is 10.5. The Morgan fingerprint density at radius 2 is 1.13 bits per heavy atom. The first-order chi connectivity index (χ1) is 21.9. The Kier molecular flexibility index (Phi) is 5.90.